The van der Waals surface area contributed by atoms with Crippen LogP contribution in [0.2, 0.25) is 0 Å². The Morgan fingerprint density at radius 2 is 2.26 bits per heavy atom. The number of aromatic nitrogens is 1. The maximum Gasteiger partial charge on any atom is 0.148 e. The van der Waals surface area contributed by atoms with Crippen molar-refractivity contribution in [3.8, 4) is 17.6 Å². The number of rotatable bonds is 1. The maximum atomic E-state index is 9.01. The van der Waals surface area contributed by atoms with Gasteiger partial charge in [0.1, 0.15) is 11.5 Å². The predicted molar refractivity (Wildman–Crippen MR) is 71.0 cm³/mol. The van der Waals surface area contributed by atoms with Crippen molar-refractivity contribution in [1.82, 2.24) is 4.98 Å². The molecule has 0 bridgehead atoms. The van der Waals surface area contributed by atoms with E-state index in [4.69, 9.17) is 15.7 Å². The molecule has 0 amide bonds. The fraction of sp³-hybridized carbons (Fsp3) is 0.200. The Labute approximate surface area is 111 Å². The molecule has 3 rings (SSSR count). The smallest absolute Gasteiger partial charge is 0.148 e. The molecule has 4 nitrogen and oxygen atoms in total. The zero-order valence-electron chi connectivity index (χ0n) is 10.3. The van der Waals surface area contributed by atoms with E-state index in [0.29, 0.717) is 12.1 Å². The molecule has 0 aliphatic carbocycles. The fourth-order valence-electron chi connectivity index (χ4n) is 2.37. The second-order valence-corrected chi connectivity index (χ2v) is 4.55. The van der Waals surface area contributed by atoms with Gasteiger partial charge in [-0.25, -0.2) is 0 Å². The highest BCUT2D eigenvalue weighted by Crippen LogP contribution is 2.38. The molecule has 0 fully saturated rings. The second-order valence-electron chi connectivity index (χ2n) is 4.55. The summed E-state index contributed by atoms with van der Waals surface area (Å²) in [4.78, 5) is 4.36. The van der Waals surface area contributed by atoms with E-state index in [9.17, 15) is 0 Å². The quantitative estimate of drug-likeness (QED) is 0.844. The highest BCUT2D eigenvalue weighted by Gasteiger charge is 2.23. The van der Waals surface area contributed by atoms with Gasteiger partial charge in [0.05, 0.1) is 17.3 Å². The molecular weight excluding hydrogens is 238 g/mol. The Morgan fingerprint density at radius 1 is 1.37 bits per heavy atom. The monoisotopic (exact) mass is 251 g/mol. The number of hydrogen-bond donors (Lipinski definition) is 1. The van der Waals surface area contributed by atoms with Crippen molar-refractivity contribution in [2.24, 2.45) is 5.73 Å². The number of nitriles is 1. The summed E-state index contributed by atoms with van der Waals surface area (Å²) in [5.41, 5.74) is 8.39. The van der Waals surface area contributed by atoms with Gasteiger partial charge in [-0.1, -0.05) is 0 Å². The molecule has 2 aromatic rings. The van der Waals surface area contributed by atoms with Gasteiger partial charge in [-0.3, -0.25) is 4.98 Å². The molecule has 94 valence electrons. The van der Waals surface area contributed by atoms with Crippen molar-refractivity contribution < 1.29 is 4.74 Å². The minimum atomic E-state index is 0.124. The fourth-order valence-corrected chi connectivity index (χ4v) is 2.37. The Morgan fingerprint density at radius 3 is 3.05 bits per heavy atom. The molecule has 1 aromatic carbocycles. The van der Waals surface area contributed by atoms with E-state index in [0.717, 1.165) is 29.2 Å². The summed E-state index contributed by atoms with van der Waals surface area (Å²) in [6.45, 7) is 0.501. The van der Waals surface area contributed by atoms with Gasteiger partial charge >= 0.3 is 0 Å². The van der Waals surface area contributed by atoms with Crippen LogP contribution < -0.4 is 10.5 Å². The lowest BCUT2D eigenvalue weighted by molar-refractivity contribution is 0.475. The van der Waals surface area contributed by atoms with Gasteiger partial charge in [-0.15, -0.1) is 0 Å². The average Bonchev–Trinajstić information content (AvgIpc) is 2.62. The minimum absolute atomic E-state index is 0.124. The highest BCUT2D eigenvalue weighted by atomic mass is 16.5. The Bertz CT molecular complexity index is 661. The molecule has 4 heteroatoms. The number of nitrogens with zero attached hydrogens (tertiary/aromatic N) is 2. The van der Waals surface area contributed by atoms with Crippen LogP contribution >= 0.6 is 0 Å². The number of pyridine rings is 1. The van der Waals surface area contributed by atoms with Crippen LogP contribution in [-0.2, 0) is 6.42 Å². The van der Waals surface area contributed by atoms with E-state index in [1.807, 2.05) is 24.3 Å². The third-order valence-corrected chi connectivity index (χ3v) is 3.37. The largest absolute Gasteiger partial charge is 0.455 e. The standard InChI is InChI=1S/C15H13N3O/c16-8-10-3-4-14-12(6-10)11(9-17)7-13-15(19-14)2-1-5-18-13/h1-6,11H,7,9,17H2. The molecule has 19 heavy (non-hydrogen) atoms. The summed E-state index contributed by atoms with van der Waals surface area (Å²) in [7, 11) is 0. The van der Waals surface area contributed by atoms with Crippen LogP contribution in [-0.4, -0.2) is 11.5 Å². The normalized spacial score (nSPS) is 16.5. The average molecular weight is 251 g/mol. The summed E-state index contributed by atoms with van der Waals surface area (Å²) in [6.07, 6.45) is 2.49. The summed E-state index contributed by atoms with van der Waals surface area (Å²) < 4.78 is 5.91. The first-order chi connectivity index (χ1) is 9.31. The molecule has 2 N–H and O–H groups in total. The van der Waals surface area contributed by atoms with Crippen LogP contribution in [0.5, 0.6) is 11.5 Å². The van der Waals surface area contributed by atoms with Crippen LogP contribution in [0.3, 0.4) is 0 Å². The number of fused-ring (bicyclic) bond motifs is 2. The summed E-state index contributed by atoms with van der Waals surface area (Å²) >= 11 is 0. The van der Waals surface area contributed by atoms with Gasteiger partial charge in [-0.05, 0) is 36.9 Å². The lowest BCUT2D eigenvalue weighted by Gasteiger charge is -2.14. The van der Waals surface area contributed by atoms with Gasteiger partial charge < -0.3 is 10.5 Å². The van der Waals surface area contributed by atoms with Crippen LogP contribution in [0.15, 0.2) is 36.5 Å². The van der Waals surface area contributed by atoms with Gasteiger partial charge in [0.25, 0.3) is 0 Å². The molecule has 0 spiro atoms. The first kappa shape index (κ1) is 11.7. The lowest BCUT2D eigenvalue weighted by atomic mass is 9.93. The van der Waals surface area contributed by atoms with E-state index in [2.05, 4.69) is 11.1 Å². The van der Waals surface area contributed by atoms with Gasteiger partial charge in [0.15, 0.2) is 0 Å². The summed E-state index contributed by atoms with van der Waals surface area (Å²) in [6, 6.07) is 11.4. The molecular formula is C15H13N3O. The van der Waals surface area contributed by atoms with E-state index in [1.165, 1.54) is 0 Å². The SMILES string of the molecule is N#Cc1ccc2c(c1)C(CN)Cc1ncccc1O2. The molecule has 1 aliphatic rings. The van der Waals surface area contributed by atoms with Crippen LogP contribution in [0.25, 0.3) is 0 Å². The number of ether oxygens (including phenoxy) is 1. The first-order valence-corrected chi connectivity index (χ1v) is 6.17. The van der Waals surface area contributed by atoms with E-state index < -0.39 is 0 Å². The first-order valence-electron chi connectivity index (χ1n) is 6.17. The van der Waals surface area contributed by atoms with Crippen molar-refractivity contribution in [2.75, 3.05) is 6.54 Å². The highest BCUT2D eigenvalue weighted by molar-refractivity contribution is 5.49. The lowest BCUT2D eigenvalue weighted by Crippen LogP contribution is -2.15. The molecule has 0 radical (unpaired) electrons. The second kappa shape index (κ2) is 4.71. The van der Waals surface area contributed by atoms with Crippen LogP contribution in [0.4, 0.5) is 0 Å². The van der Waals surface area contributed by atoms with Crippen LogP contribution in [0.1, 0.15) is 22.7 Å². The predicted octanol–water partition coefficient (Wildman–Crippen LogP) is 2.34. The molecule has 0 saturated heterocycles. The molecule has 2 heterocycles. The minimum Gasteiger partial charge on any atom is -0.455 e. The van der Waals surface area contributed by atoms with Gasteiger partial charge in [0.2, 0.25) is 0 Å². The summed E-state index contributed by atoms with van der Waals surface area (Å²) in [5, 5.41) is 9.01. The molecule has 1 aliphatic heterocycles. The topological polar surface area (TPSA) is 71.9 Å². The van der Waals surface area contributed by atoms with Crippen molar-refractivity contribution >= 4 is 0 Å². The number of benzene rings is 1. The van der Waals surface area contributed by atoms with Crippen molar-refractivity contribution in [3.63, 3.8) is 0 Å². The Hall–Kier alpha value is -2.38. The van der Waals surface area contributed by atoms with E-state index >= 15 is 0 Å². The molecule has 1 aromatic heterocycles. The molecule has 1 atom stereocenters. The zero-order valence-corrected chi connectivity index (χ0v) is 10.3. The van der Waals surface area contributed by atoms with Crippen molar-refractivity contribution in [3.05, 3.63) is 53.3 Å². The van der Waals surface area contributed by atoms with E-state index in [1.54, 1.807) is 12.3 Å². The third-order valence-electron chi connectivity index (χ3n) is 3.37. The summed E-state index contributed by atoms with van der Waals surface area (Å²) in [5.74, 6) is 1.66. The number of nitrogens with two attached hydrogens (primary N) is 1. The zero-order chi connectivity index (χ0) is 13.2. The molecule has 1 unspecified atom stereocenters. The van der Waals surface area contributed by atoms with Crippen LogP contribution in [0, 0.1) is 11.3 Å². The Kier molecular flexibility index (Phi) is 2.90. The number of hydrogen-bond acceptors (Lipinski definition) is 4. The van der Waals surface area contributed by atoms with Gasteiger partial charge in [0, 0.05) is 24.1 Å². The van der Waals surface area contributed by atoms with Crippen molar-refractivity contribution in [2.45, 2.75) is 12.3 Å². The van der Waals surface area contributed by atoms with Gasteiger partial charge in [-0.2, -0.15) is 5.26 Å². The van der Waals surface area contributed by atoms with E-state index in [-0.39, 0.29) is 5.92 Å². The third kappa shape index (κ3) is 2.05. The Balaban J connectivity index is 2.14. The molecule has 0 saturated carbocycles. The van der Waals surface area contributed by atoms with Crippen molar-refractivity contribution in [1.29, 1.82) is 5.26 Å². The maximum absolute atomic E-state index is 9.01.